The van der Waals surface area contributed by atoms with Crippen molar-refractivity contribution in [3.05, 3.63) is 29.7 Å². The van der Waals surface area contributed by atoms with Gasteiger partial charge in [-0.25, -0.2) is 9.97 Å². The molecule has 4 rings (SSSR count). The van der Waals surface area contributed by atoms with Crippen LogP contribution in [0.3, 0.4) is 0 Å². The molecule has 0 radical (unpaired) electrons. The molecule has 1 fully saturated rings. The minimum Gasteiger partial charge on any atom is -0.348 e. The first-order chi connectivity index (χ1) is 12.3. The molecule has 0 saturated carbocycles. The Balaban J connectivity index is 0.00000196. The van der Waals surface area contributed by atoms with Crippen molar-refractivity contribution in [3.8, 4) is 0 Å². The Labute approximate surface area is 162 Å². The van der Waals surface area contributed by atoms with Gasteiger partial charge in [0.1, 0.15) is 17.8 Å². The first-order valence-corrected chi connectivity index (χ1v) is 9.71. The zero-order chi connectivity index (χ0) is 17.1. The van der Waals surface area contributed by atoms with Crippen LogP contribution >= 0.6 is 24.2 Å². The number of amides is 1. The van der Waals surface area contributed by atoms with Gasteiger partial charge in [0, 0.05) is 37.3 Å². The quantitative estimate of drug-likeness (QED) is 0.738. The van der Waals surface area contributed by atoms with Crippen LogP contribution in [0.4, 0.5) is 5.82 Å². The molecular weight excluding hydrogens is 372 g/mol. The fourth-order valence-corrected chi connectivity index (χ4v) is 4.17. The molecule has 1 atom stereocenters. The van der Waals surface area contributed by atoms with Crippen molar-refractivity contribution in [3.63, 3.8) is 0 Å². The van der Waals surface area contributed by atoms with Gasteiger partial charge in [-0.15, -0.1) is 24.2 Å². The van der Waals surface area contributed by atoms with E-state index in [-0.39, 0.29) is 24.4 Å². The SMILES string of the molecule is Cl.O=C(N[C@H]1CCCCNC1)C1=CN(c2ncnc3[nH]ccc23)CCS1. The zero-order valence-corrected chi connectivity index (χ0v) is 16.0. The van der Waals surface area contributed by atoms with E-state index in [2.05, 4.69) is 30.5 Å². The van der Waals surface area contributed by atoms with E-state index < -0.39 is 0 Å². The molecule has 0 spiro atoms. The van der Waals surface area contributed by atoms with Crippen LogP contribution in [0, 0.1) is 0 Å². The van der Waals surface area contributed by atoms with Crippen molar-refractivity contribution < 1.29 is 4.79 Å². The van der Waals surface area contributed by atoms with Crippen molar-refractivity contribution in [1.82, 2.24) is 25.6 Å². The van der Waals surface area contributed by atoms with Gasteiger partial charge in [0.05, 0.1) is 10.3 Å². The number of halogens is 1. The summed E-state index contributed by atoms with van der Waals surface area (Å²) in [6, 6.07) is 2.18. The van der Waals surface area contributed by atoms with Gasteiger partial charge >= 0.3 is 0 Å². The van der Waals surface area contributed by atoms with Gasteiger partial charge in [0.2, 0.25) is 0 Å². The van der Waals surface area contributed by atoms with E-state index in [0.717, 1.165) is 60.0 Å². The predicted molar refractivity (Wildman–Crippen MR) is 108 cm³/mol. The second-order valence-corrected chi connectivity index (χ2v) is 7.48. The molecule has 7 nitrogen and oxygen atoms in total. The Morgan fingerprint density at radius 3 is 3.19 bits per heavy atom. The highest BCUT2D eigenvalue weighted by Crippen LogP contribution is 2.29. The summed E-state index contributed by atoms with van der Waals surface area (Å²) in [5.41, 5.74) is 0.812. The van der Waals surface area contributed by atoms with E-state index in [4.69, 9.17) is 0 Å². The van der Waals surface area contributed by atoms with Crippen LogP contribution in [0.15, 0.2) is 29.7 Å². The van der Waals surface area contributed by atoms with E-state index in [1.54, 1.807) is 18.1 Å². The third-order valence-corrected chi connectivity index (χ3v) is 5.56. The van der Waals surface area contributed by atoms with Gasteiger partial charge in [0.15, 0.2) is 0 Å². The molecule has 1 saturated heterocycles. The number of hydrogen-bond donors (Lipinski definition) is 3. The largest absolute Gasteiger partial charge is 0.348 e. The van der Waals surface area contributed by atoms with E-state index in [1.165, 1.54) is 6.42 Å². The third-order valence-electron chi connectivity index (χ3n) is 4.57. The third kappa shape index (κ3) is 4.13. The van der Waals surface area contributed by atoms with E-state index in [9.17, 15) is 4.79 Å². The average molecular weight is 395 g/mol. The van der Waals surface area contributed by atoms with Crippen molar-refractivity contribution in [1.29, 1.82) is 0 Å². The maximum absolute atomic E-state index is 12.7. The van der Waals surface area contributed by atoms with Crippen LogP contribution in [0.2, 0.25) is 0 Å². The number of aromatic amines is 1. The van der Waals surface area contributed by atoms with E-state index >= 15 is 0 Å². The number of anilines is 1. The van der Waals surface area contributed by atoms with Crippen molar-refractivity contribution in [2.24, 2.45) is 0 Å². The predicted octanol–water partition coefficient (Wildman–Crippen LogP) is 2.03. The summed E-state index contributed by atoms with van der Waals surface area (Å²) in [7, 11) is 0. The highest BCUT2D eigenvalue weighted by Gasteiger charge is 2.22. The summed E-state index contributed by atoms with van der Waals surface area (Å²) < 4.78 is 0. The number of nitrogens with one attached hydrogen (secondary N) is 3. The van der Waals surface area contributed by atoms with Gasteiger partial charge in [0.25, 0.3) is 5.91 Å². The first-order valence-electron chi connectivity index (χ1n) is 8.72. The molecule has 9 heteroatoms. The number of hydrogen-bond acceptors (Lipinski definition) is 6. The topological polar surface area (TPSA) is 85.9 Å². The summed E-state index contributed by atoms with van der Waals surface area (Å²) in [5, 5.41) is 7.53. The minimum atomic E-state index is 0. The molecule has 2 aromatic rings. The zero-order valence-electron chi connectivity index (χ0n) is 14.4. The number of fused-ring (bicyclic) bond motifs is 1. The van der Waals surface area contributed by atoms with Gasteiger partial charge in [-0.05, 0) is 25.5 Å². The smallest absolute Gasteiger partial charge is 0.259 e. The normalized spacial score (nSPS) is 20.8. The molecule has 0 bridgehead atoms. The standard InChI is InChI=1S/C17H22N6OS.ClH/c24-17(22-12-3-1-2-5-18-9-12)14-10-23(7-8-25-14)16-13-4-6-19-15(13)20-11-21-16;/h4,6,10-12,18H,1-3,5,7-9H2,(H,22,24)(H,19,20,21);1H/t12-;/m0./s1. The molecule has 4 heterocycles. The van der Waals surface area contributed by atoms with Crippen LogP contribution in [0.5, 0.6) is 0 Å². The fraction of sp³-hybridized carbons (Fsp3) is 0.471. The fourth-order valence-electron chi connectivity index (χ4n) is 3.27. The molecular formula is C17H23ClN6OS. The van der Waals surface area contributed by atoms with Gasteiger partial charge in [-0.3, -0.25) is 4.79 Å². The molecule has 140 valence electrons. The summed E-state index contributed by atoms with van der Waals surface area (Å²) in [4.78, 5) is 27.2. The lowest BCUT2D eigenvalue weighted by atomic mass is 10.1. The maximum atomic E-state index is 12.7. The van der Waals surface area contributed by atoms with Crippen molar-refractivity contribution in [2.45, 2.75) is 25.3 Å². The Morgan fingerprint density at radius 2 is 2.27 bits per heavy atom. The number of aromatic nitrogens is 3. The minimum absolute atomic E-state index is 0. The summed E-state index contributed by atoms with van der Waals surface area (Å²) in [6.45, 7) is 2.71. The average Bonchev–Trinajstić information content (AvgIpc) is 2.99. The molecule has 0 unspecified atom stereocenters. The van der Waals surface area contributed by atoms with Crippen LogP contribution in [-0.2, 0) is 4.79 Å². The highest BCUT2D eigenvalue weighted by molar-refractivity contribution is 8.04. The van der Waals surface area contributed by atoms with Crippen LogP contribution < -0.4 is 15.5 Å². The number of carbonyl (C=O) groups is 1. The van der Waals surface area contributed by atoms with Gasteiger partial charge < -0.3 is 20.5 Å². The van der Waals surface area contributed by atoms with E-state index in [0.29, 0.717) is 0 Å². The number of H-pyrrole nitrogens is 1. The molecule has 0 aliphatic carbocycles. The molecule has 26 heavy (non-hydrogen) atoms. The Kier molecular flexibility index (Phi) is 6.39. The van der Waals surface area contributed by atoms with Crippen LogP contribution in [0.1, 0.15) is 19.3 Å². The molecule has 0 aromatic carbocycles. The van der Waals surface area contributed by atoms with Crippen LogP contribution in [-0.4, -0.2) is 52.3 Å². The van der Waals surface area contributed by atoms with Gasteiger partial charge in [-0.1, -0.05) is 6.42 Å². The van der Waals surface area contributed by atoms with Crippen LogP contribution in [0.25, 0.3) is 11.0 Å². The Hall–Kier alpha value is -1.77. The second-order valence-electron chi connectivity index (χ2n) is 6.34. The van der Waals surface area contributed by atoms with Crippen molar-refractivity contribution >= 4 is 46.9 Å². The summed E-state index contributed by atoms with van der Waals surface area (Å²) >= 11 is 1.61. The van der Waals surface area contributed by atoms with E-state index in [1.807, 2.05) is 18.5 Å². The molecule has 2 aliphatic rings. The number of carbonyl (C=O) groups excluding carboxylic acids is 1. The van der Waals surface area contributed by atoms with Gasteiger partial charge in [-0.2, -0.15) is 0 Å². The lowest BCUT2D eigenvalue weighted by molar-refractivity contribution is -0.117. The maximum Gasteiger partial charge on any atom is 0.259 e. The number of thioether (sulfide) groups is 1. The molecule has 1 amide bonds. The number of rotatable bonds is 3. The second kappa shape index (κ2) is 8.75. The molecule has 3 N–H and O–H groups in total. The van der Waals surface area contributed by atoms with Crippen molar-refractivity contribution in [2.75, 3.05) is 30.3 Å². The lowest BCUT2D eigenvalue weighted by Crippen LogP contribution is -2.42. The lowest BCUT2D eigenvalue weighted by Gasteiger charge is -2.26. The summed E-state index contributed by atoms with van der Waals surface area (Å²) in [5.74, 6) is 1.72. The first kappa shape index (κ1) is 19.0. The Morgan fingerprint density at radius 1 is 1.35 bits per heavy atom. The molecule has 2 aromatic heterocycles. The Bertz CT molecular complexity index is 786. The highest BCUT2D eigenvalue weighted by atomic mass is 35.5. The number of nitrogens with zero attached hydrogens (tertiary/aromatic N) is 3. The summed E-state index contributed by atoms with van der Waals surface area (Å²) in [6.07, 6.45) is 8.71. The monoisotopic (exact) mass is 394 g/mol. The molecule has 2 aliphatic heterocycles.